The van der Waals surface area contributed by atoms with E-state index >= 15 is 0 Å². The van der Waals surface area contributed by atoms with E-state index in [2.05, 4.69) is 41.5 Å². The summed E-state index contributed by atoms with van der Waals surface area (Å²) in [5.41, 5.74) is 2.66. The zero-order valence-corrected chi connectivity index (χ0v) is 13.2. The molecular formula is C18H22N2O. The van der Waals surface area contributed by atoms with E-state index in [4.69, 9.17) is 11.3 Å². The Kier molecular flexibility index (Phi) is 4.56. The molecule has 0 unspecified atom stereocenters. The molecule has 110 valence electrons. The molecule has 0 saturated carbocycles. The molecule has 3 nitrogen and oxygen atoms in total. The maximum absolute atomic E-state index is 7.17. The number of fused-ring (bicyclic) bond motifs is 1. The van der Waals surface area contributed by atoms with E-state index in [0.29, 0.717) is 12.6 Å². The molecule has 2 rings (SSSR count). The molecule has 21 heavy (non-hydrogen) atoms. The second-order valence-corrected chi connectivity index (χ2v) is 6.06. The summed E-state index contributed by atoms with van der Waals surface area (Å²) in [6.07, 6.45) is 0. The Morgan fingerprint density at radius 3 is 2.81 bits per heavy atom. The largest absolute Gasteiger partial charge is 0.375 e. The molecule has 3 heteroatoms. The molecule has 1 aliphatic heterocycles. The number of hydrogen-bond donors (Lipinski definition) is 0. The van der Waals surface area contributed by atoms with Crippen molar-refractivity contribution in [2.24, 2.45) is 0 Å². The topological polar surface area (TPSA) is 16.8 Å². The summed E-state index contributed by atoms with van der Waals surface area (Å²) in [4.78, 5) is 5.90. The zero-order valence-electron chi connectivity index (χ0n) is 13.2. The molecular weight excluding hydrogens is 260 g/mol. The predicted octanol–water partition coefficient (Wildman–Crippen LogP) is 3.48. The van der Waals surface area contributed by atoms with Crippen LogP contribution < -0.4 is 4.90 Å². The molecule has 0 radical (unpaired) electrons. The van der Waals surface area contributed by atoms with Crippen molar-refractivity contribution in [1.82, 2.24) is 0 Å². The van der Waals surface area contributed by atoms with Gasteiger partial charge in [0, 0.05) is 43.2 Å². The maximum atomic E-state index is 7.17. The Labute approximate surface area is 127 Å². The summed E-state index contributed by atoms with van der Waals surface area (Å²) < 4.78 is 5.73. The van der Waals surface area contributed by atoms with Crippen molar-refractivity contribution in [1.29, 1.82) is 0 Å². The number of anilines is 1. The van der Waals surface area contributed by atoms with Gasteiger partial charge < -0.3 is 9.64 Å². The normalized spacial score (nSPS) is 14.8. The van der Waals surface area contributed by atoms with E-state index in [9.17, 15) is 0 Å². The summed E-state index contributed by atoms with van der Waals surface area (Å²) in [5, 5.41) is 0. The van der Waals surface area contributed by atoms with Gasteiger partial charge >= 0.3 is 0 Å². The minimum atomic E-state index is -0.647. The second kappa shape index (κ2) is 6.20. The van der Waals surface area contributed by atoms with Crippen LogP contribution in [0, 0.1) is 18.4 Å². The lowest BCUT2D eigenvalue weighted by Crippen LogP contribution is -2.33. The molecule has 0 N–H and O–H groups in total. The Hall–Kier alpha value is -1.97. The van der Waals surface area contributed by atoms with Crippen LogP contribution in [0.1, 0.15) is 38.8 Å². The molecule has 0 amide bonds. The van der Waals surface area contributed by atoms with Crippen molar-refractivity contribution in [3.8, 4) is 11.8 Å². The fourth-order valence-corrected chi connectivity index (χ4v) is 2.35. The van der Waals surface area contributed by atoms with Crippen molar-refractivity contribution in [2.75, 3.05) is 18.1 Å². The molecule has 1 aliphatic rings. The predicted molar refractivity (Wildman–Crippen MR) is 86.1 cm³/mol. The summed E-state index contributed by atoms with van der Waals surface area (Å²) in [6.45, 7) is 17.4. The van der Waals surface area contributed by atoms with Crippen molar-refractivity contribution in [2.45, 2.75) is 45.9 Å². The number of ether oxygens (including phenoxy) is 1. The molecule has 0 fully saturated rings. The zero-order chi connectivity index (χ0) is 15.5. The third-order valence-corrected chi connectivity index (χ3v) is 3.59. The highest BCUT2D eigenvalue weighted by Crippen LogP contribution is 2.28. The van der Waals surface area contributed by atoms with Crippen LogP contribution in [0.5, 0.6) is 0 Å². The Balaban J connectivity index is 2.47. The third kappa shape index (κ3) is 3.57. The average Bonchev–Trinajstić information content (AvgIpc) is 2.67. The lowest BCUT2D eigenvalue weighted by molar-refractivity contribution is 0.131. The summed E-state index contributed by atoms with van der Waals surface area (Å²) >= 11 is 0. The van der Waals surface area contributed by atoms with Crippen LogP contribution in [0.15, 0.2) is 18.2 Å². The first kappa shape index (κ1) is 15.4. The van der Waals surface area contributed by atoms with Crippen LogP contribution in [-0.4, -0.2) is 24.7 Å². The minimum absolute atomic E-state index is 0.424. The molecule has 0 spiro atoms. The standard InChI is InChI=1S/C18H22N2O/c1-14(2)20-11-12-21-13-16-15(7-6-8-17(16)20)9-10-18(3,4)19-5/h6-8,14H,11-13H2,1-4H3. The lowest BCUT2D eigenvalue weighted by Gasteiger charge is -2.28. The van der Waals surface area contributed by atoms with Gasteiger partial charge in [-0.15, -0.1) is 0 Å². The van der Waals surface area contributed by atoms with E-state index in [1.807, 2.05) is 26.0 Å². The Bertz CT molecular complexity index is 614. The van der Waals surface area contributed by atoms with E-state index in [0.717, 1.165) is 24.3 Å². The van der Waals surface area contributed by atoms with Crippen LogP contribution in [0.4, 0.5) is 5.69 Å². The van der Waals surface area contributed by atoms with Crippen molar-refractivity contribution >= 4 is 5.69 Å². The van der Waals surface area contributed by atoms with Gasteiger partial charge in [0.15, 0.2) is 0 Å². The number of benzene rings is 1. The van der Waals surface area contributed by atoms with Gasteiger partial charge in [-0.25, -0.2) is 6.57 Å². The first-order chi connectivity index (χ1) is 9.94. The van der Waals surface area contributed by atoms with Gasteiger partial charge in [0.25, 0.3) is 5.54 Å². The highest BCUT2D eigenvalue weighted by atomic mass is 16.5. The third-order valence-electron chi connectivity index (χ3n) is 3.59. The second-order valence-electron chi connectivity index (χ2n) is 6.06. The molecule has 1 aromatic carbocycles. The first-order valence-electron chi connectivity index (χ1n) is 7.32. The number of rotatable bonds is 1. The fourth-order valence-electron chi connectivity index (χ4n) is 2.35. The van der Waals surface area contributed by atoms with Gasteiger partial charge in [-0.3, -0.25) is 4.85 Å². The molecule has 1 aromatic rings. The van der Waals surface area contributed by atoms with Crippen LogP contribution >= 0.6 is 0 Å². The van der Waals surface area contributed by atoms with Crippen molar-refractivity contribution in [3.05, 3.63) is 40.7 Å². The van der Waals surface area contributed by atoms with Crippen LogP contribution in [-0.2, 0) is 11.3 Å². The van der Waals surface area contributed by atoms with E-state index in [1.54, 1.807) is 0 Å². The van der Waals surface area contributed by atoms with Crippen LogP contribution in [0.25, 0.3) is 4.85 Å². The highest BCUT2D eigenvalue weighted by Gasteiger charge is 2.21. The monoisotopic (exact) mass is 282 g/mol. The minimum Gasteiger partial charge on any atom is -0.375 e. The van der Waals surface area contributed by atoms with Gasteiger partial charge in [-0.1, -0.05) is 12.0 Å². The van der Waals surface area contributed by atoms with Gasteiger partial charge in [-0.05, 0) is 31.9 Å². The van der Waals surface area contributed by atoms with Crippen molar-refractivity contribution in [3.63, 3.8) is 0 Å². The maximum Gasteiger partial charge on any atom is 0.286 e. The highest BCUT2D eigenvalue weighted by molar-refractivity contribution is 5.61. The van der Waals surface area contributed by atoms with E-state index in [1.165, 1.54) is 5.69 Å². The summed E-state index contributed by atoms with van der Waals surface area (Å²) in [5.74, 6) is 6.24. The molecule has 0 saturated heterocycles. The molecule has 0 bridgehead atoms. The molecule has 0 aliphatic carbocycles. The van der Waals surface area contributed by atoms with Gasteiger partial charge in [-0.2, -0.15) is 0 Å². The molecule has 1 heterocycles. The fraction of sp³-hybridized carbons (Fsp3) is 0.500. The number of nitrogens with zero attached hydrogens (tertiary/aromatic N) is 2. The van der Waals surface area contributed by atoms with E-state index in [-0.39, 0.29) is 0 Å². The van der Waals surface area contributed by atoms with Crippen LogP contribution in [0.2, 0.25) is 0 Å². The molecule has 0 atom stereocenters. The summed E-state index contributed by atoms with van der Waals surface area (Å²) in [7, 11) is 0. The Morgan fingerprint density at radius 2 is 2.14 bits per heavy atom. The average molecular weight is 282 g/mol. The lowest BCUT2D eigenvalue weighted by atomic mass is 10.0. The summed E-state index contributed by atoms with van der Waals surface area (Å²) in [6, 6.07) is 6.61. The van der Waals surface area contributed by atoms with E-state index < -0.39 is 5.54 Å². The van der Waals surface area contributed by atoms with Gasteiger partial charge in [0.05, 0.1) is 13.2 Å². The first-order valence-corrected chi connectivity index (χ1v) is 7.32. The smallest absolute Gasteiger partial charge is 0.286 e. The molecule has 0 aromatic heterocycles. The van der Waals surface area contributed by atoms with Crippen LogP contribution in [0.3, 0.4) is 0 Å². The van der Waals surface area contributed by atoms with Gasteiger partial charge in [0.1, 0.15) is 0 Å². The number of hydrogen-bond acceptors (Lipinski definition) is 2. The quantitative estimate of drug-likeness (QED) is 0.579. The van der Waals surface area contributed by atoms with Gasteiger partial charge in [0.2, 0.25) is 0 Å². The van der Waals surface area contributed by atoms with Crippen molar-refractivity contribution < 1.29 is 4.74 Å². The Morgan fingerprint density at radius 1 is 1.38 bits per heavy atom. The SMILES string of the molecule is [C-]#[N+]C(C)(C)C#Cc1cccc2c1COCCN2C(C)C.